The normalized spacial score (nSPS) is 10.7. The molecule has 0 unspecified atom stereocenters. The van der Waals surface area contributed by atoms with Crippen LogP contribution in [0.4, 0.5) is 5.69 Å². The first-order valence-corrected chi connectivity index (χ1v) is 11.3. The van der Waals surface area contributed by atoms with Crippen molar-refractivity contribution in [2.75, 3.05) is 24.8 Å². The highest BCUT2D eigenvalue weighted by molar-refractivity contribution is 7.99. The van der Waals surface area contributed by atoms with Crippen molar-refractivity contribution in [3.8, 4) is 22.6 Å². The van der Waals surface area contributed by atoms with Gasteiger partial charge in [-0.2, -0.15) is 0 Å². The van der Waals surface area contributed by atoms with E-state index in [-0.39, 0.29) is 11.7 Å². The molecule has 0 atom stereocenters. The Morgan fingerprint density at radius 2 is 1.78 bits per heavy atom. The van der Waals surface area contributed by atoms with Crippen molar-refractivity contribution in [3.05, 3.63) is 78.9 Å². The zero-order valence-corrected chi connectivity index (χ0v) is 18.8. The second-order valence-corrected chi connectivity index (χ2v) is 8.02. The largest absolute Gasteiger partial charge is 0.497 e. The number of anilines is 1. The van der Waals surface area contributed by atoms with Gasteiger partial charge in [-0.25, -0.2) is 4.98 Å². The Hall–Kier alpha value is -3.51. The molecule has 0 saturated heterocycles. The molecule has 0 fully saturated rings. The van der Waals surface area contributed by atoms with Gasteiger partial charge in [0.25, 0.3) is 0 Å². The Kier molecular flexibility index (Phi) is 6.92. The van der Waals surface area contributed by atoms with Crippen LogP contribution in [0.1, 0.15) is 6.92 Å². The molecule has 0 radical (unpaired) electrons. The van der Waals surface area contributed by atoms with E-state index in [2.05, 4.69) is 17.4 Å². The number of amides is 1. The number of para-hydroxylation sites is 2. The monoisotopic (exact) mass is 444 g/mol. The summed E-state index contributed by atoms with van der Waals surface area (Å²) in [6, 6.07) is 25.5. The zero-order chi connectivity index (χ0) is 22.3. The number of benzene rings is 3. The SMILES string of the molecule is CCOc1ccccc1NC(=O)CSc1cc(-c2ccccc2)c2ccc(OC)cc2n1. The van der Waals surface area contributed by atoms with Crippen LogP contribution in [0.2, 0.25) is 0 Å². The molecule has 1 aromatic heterocycles. The first kappa shape index (κ1) is 21.7. The summed E-state index contributed by atoms with van der Waals surface area (Å²) < 4.78 is 11.0. The summed E-state index contributed by atoms with van der Waals surface area (Å²) in [7, 11) is 1.64. The summed E-state index contributed by atoms with van der Waals surface area (Å²) in [5.74, 6) is 1.53. The molecule has 6 heteroatoms. The number of fused-ring (bicyclic) bond motifs is 1. The Balaban J connectivity index is 1.58. The van der Waals surface area contributed by atoms with Crippen molar-refractivity contribution in [1.29, 1.82) is 0 Å². The van der Waals surface area contributed by atoms with Crippen LogP contribution in [0.3, 0.4) is 0 Å². The van der Waals surface area contributed by atoms with Gasteiger partial charge in [0, 0.05) is 11.5 Å². The molecule has 4 rings (SSSR count). The number of carbonyl (C=O) groups excluding carboxylic acids is 1. The number of hydrogen-bond acceptors (Lipinski definition) is 5. The summed E-state index contributed by atoms with van der Waals surface area (Å²) in [4.78, 5) is 17.4. The molecule has 0 aliphatic rings. The Labute approximate surface area is 191 Å². The zero-order valence-electron chi connectivity index (χ0n) is 18.0. The highest BCUT2D eigenvalue weighted by atomic mass is 32.2. The molecular formula is C26H24N2O3S. The van der Waals surface area contributed by atoms with Crippen molar-refractivity contribution in [2.24, 2.45) is 0 Å². The van der Waals surface area contributed by atoms with Gasteiger partial charge < -0.3 is 14.8 Å². The van der Waals surface area contributed by atoms with Gasteiger partial charge in [-0.05, 0) is 48.4 Å². The Morgan fingerprint density at radius 3 is 2.56 bits per heavy atom. The second-order valence-electron chi connectivity index (χ2n) is 7.02. The summed E-state index contributed by atoms with van der Waals surface area (Å²) >= 11 is 1.40. The minimum atomic E-state index is -0.115. The molecule has 1 amide bonds. The van der Waals surface area contributed by atoms with E-state index in [9.17, 15) is 4.79 Å². The number of carbonyl (C=O) groups is 1. The van der Waals surface area contributed by atoms with Gasteiger partial charge in [0.15, 0.2) is 0 Å². The smallest absolute Gasteiger partial charge is 0.234 e. The van der Waals surface area contributed by atoms with Crippen LogP contribution in [0.25, 0.3) is 22.0 Å². The van der Waals surface area contributed by atoms with E-state index in [1.807, 2.05) is 73.7 Å². The van der Waals surface area contributed by atoms with Crippen molar-refractivity contribution in [3.63, 3.8) is 0 Å². The van der Waals surface area contributed by atoms with E-state index in [0.717, 1.165) is 32.8 Å². The minimum absolute atomic E-state index is 0.115. The Bertz CT molecular complexity index is 1230. The highest BCUT2D eigenvalue weighted by Crippen LogP contribution is 2.33. The maximum absolute atomic E-state index is 12.6. The quantitative estimate of drug-likeness (QED) is 0.336. The molecule has 0 saturated carbocycles. The van der Waals surface area contributed by atoms with Crippen molar-refractivity contribution in [1.82, 2.24) is 4.98 Å². The number of thioether (sulfide) groups is 1. The number of ether oxygens (including phenoxy) is 2. The molecule has 32 heavy (non-hydrogen) atoms. The average Bonchev–Trinajstić information content (AvgIpc) is 2.83. The molecule has 0 aliphatic carbocycles. The lowest BCUT2D eigenvalue weighted by Gasteiger charge is -2.12. The standard InChI is InChI=1S/C26H24N2O3S/c1-3-31-24-12-8-7-11-22(24)27-25(29)17-32-26-16-21(18-9-5-4-6-10-18)20-14-13-19(30-2)15-23(20)28-26/h4-16H,3,17H2,1-2H3,(H,27,29). The number of aromatic nitrogens is 1. The molecule has 4 aromatic rings. The molecule has 1 heterocycles. The third-order valence-corrected chi connectivity index (χ3v) is 5.80. The van der Waals surface area contributed by atoms with E-state index in [1.54, 1.807) is 7.11 Å². The predicted octanol–water partition coefficient (Wildman–Crippen LogP) is 6.04. The molecule has 1 N–H and O–H groups in total. The van der Waals surface area contributed by atoms with E-state index < -0.39 is 0 Å². The summed E-state index contributed by atoms with van der Waals surface area (Å²) in [5, 5.41) is 4.75. The second kappa shape index (κ2) is 10.2. The van der Waals surface area contributed by atoms with Gasteiger partial charge >= 0.3 is 0 Å². The first-order chi connectivity index (χ1) is 15.7. The van der Waals surface area contributed by atoms with Gasteiger partial charge in [0.2, 0.25) is 5.91 Å². The van der Waals surface area contributed by atoms with Crippen LogP contribution in [0.15, 0.2) is 83.9 Å². The fraction of sp³-hybridized carbons (Fsp3) is 0.154. The lowest BCUT2D eigenvalue weighted by molar-refractivity contribution is -0.113. The number of nitrogens with one attached hydrogen (secondary N) is 1. The molecular weight excluding hydrogens is 420 g/mol. The van der Waals surface area contributed by atoms with Crippen molar-refractivity contribution >= 4 is 34.3 Å². The molecule has 0 spiro atoms. The van der Waals surface area contributed by atoms with Gasteiger partial charge in [-0.1, -0.05) is 54.2 Å². The third kappa shape index (κ3) is 5.03. The lowest BCUT2D eigenvalue weighted by atomic mass is 10.0. The van der Waals surface area contributed by atoms with Crippen molar-refractivity contribution < 1.29 is 14.3 Å². The number of methoxy groups -OCH3 is 1. The van der Waals surface area contributed by atoms with Gasteiger partial charge in [-0.15, -0.1) is 0 Å². The summed E-state index contributed by atoms with van der Waals surface area (Å²) in [5.41, 5.74) is 3.67. The fourth-order valence-electron chi connectivity index (χ4n) is 3.42. The summed E-state index contributed by atoms with van der Waals surface area (Å²) in [6.07, 6.45) is 0. The lowest BCUT2D eigenvalue weighted by Crippen LogP contribution is -2.15. The number of pyridine rings is 1. The predicted molar refractivity (Wildman–Crippen MR) is 131 cm³/mol. The molecule has 5 nitrogen and oxygen atoms in total. The number of rotatable bonds is 8. The molecule has 162 valence electrons. The van der Waals surface area contributed by atoms with Crippen LogP contribution < -0.4 is 14.8 Å². The minimum Gasteiger partial charge on any atom is -0.497 e. The van der Waals surface area contributed by atoms with E-state index >= 15 is 0 Å². The average molecular weight is 445 g/mol. The van der Waals surface area contributed by atoms with Crippen LogP contribution in [-0.4, -0.2) is 30.4 Å². The van der Waals surface area contributed by atoms with E-state index in [4.69, 9.17) is 14.5 Å². The van der Waals surface area contributed by atoms with Crippen LogP contribution in [0, 0.1) is 0 Å². The van der Waals surface area contributed by atoms with Gasteiger partial charge in [0.1, 0.15) is 11.5 Å². The summed E-state index contributed by atoms with van der Waals surface area (Å²) in [6.45, 7) is 2.45. The number of hydrogen-bond donors (Lipinski definition) is 1. The molecule has 0 aliphatic heterocycles. The topological polar surface area (TPSA) is 60.5 Å². The van der Waals surface area contributed by atoms with Gasteiger partial charge in [-0.3, -0.25) is 4.79 Å². The Morgan fingerprint density at radius 1 is 1.00 bits per heavy atom. The number of nitrogens with zero attached hydrogens (tertiary/aromatic N) is 1. The van der Waals surface area contributed by atoms with Crippen LogP contribution in [0.5, 0.6) is 11.5 Å². The van der Waals surface area contributed by atoms with E-state index in [1.165, 1.54) is 11.8 Å². The maximum atomic E-state index is 12.6. The van der Waals surface area contributed by atoms with Crippen LogP contribution in [-0.2, 0) is 4.79 Å². The first-order valence-electron chi connectivity index (χ1n) is 10.4. The maximum Gasteiger partial charge on any atom is 0.234 e. The fourth-order valence-corrected chi connectivity index (χ4v) is 4.13. The van der Waals surface area contributed by atoms with Crippen LogP contribution >= 0.6 is 11.8 Å². The van der Waals surface area contributed by atoms with E-state index in [0.29, 0.717) is 18.0 Å². The third-order valence-electron chi connectivity index (χ3n) is 4.89. The molecule has 0 bridgehead atoms. The highest BCUT2D eigenvalue weighted by Gasteiger charge is 2.12. The van der Waals surface area contributed by atoms with Gasteiger partial charge in [0.05, 0.1) is 35.7 Å². The van der Waals surface area contributed by atoms with Crippen molar-refractivity contribution in [2.45, 2.75) is 11.9 Å². The molecule has 3 aromatic carbocycles.